The van der Waals surface area contributed by atoms with Gasteiger partial charge in [0.05, 0.1) is 19.4 Å². The number of ether oxygens (including phenoxy) is 2. The highest BCUT2D eigenvalue weighted by molar-refractivity contribution is 9.10. The van der Waals surface area contributed by atoms with Gasteiger partial charge in [0.15, 0.2) is 0 Å². The Morgan fingerprint density at radius 2 is 2.14 bits per heavy atom. The molecule has 0 bridgehead atoms. The van der Waals surface area contributed by atoms with Crippen LogP contribution in [0, 0.1) is 0 Å². The molecule has 1 aromatic rings. The molecule has 0 aliphatic heterocycles. The van der Waals surface area contributed by atoms with Gasteiger partial charge in [0, 0.05) is 17.2 Å². The quantitative estimate of drug-likeness (QED) is 0.782. The molecule has 1 rings (SSSR count). The maximum Gasteiger partial charge on any atom is 0.138 e. The van der Waals surface area contributed by atoms with E-state index in [1.807, 2.05) is 6.07 Å². The molecule has 14 heavy (non-hydrogen) atoms. The van der Waals surface area contributed by atoms with Gasteiger partial charge in [-0.3, -0.25) is 4.98 Å². The molecule has 0 radical (unpaired) electrons. The molecule has 1 heterocycles. The fourth-order valence-electron chi connectivity index (χ4n) is 0.875. The highest BCUT2D eigenvalue weighted by Crippen LogP contribution is 2.15. The normalized spacial score (nSPS) is 10.1. The Bertz CT molecular complexity index is 271. The monoisotopic (exact) mass is 260 g/mol. The van der Waals surface area contributed by atoms with Gasteiger partial charge >= 0.3 is 0 Å². The zero-order valence-corrected chi connectivity index (χ0v) is 9.37. The largest absolute Gasteiger partial charge is 0.490 e. The van der Waals surface area contributed by atoms with E-state index in [0.717, 1.165) is 10.2 Å². The lowest BCUT2D eigenvalue weighted by molar-refractivity contribution is 0.106. The van der Waals surface area contributed by atoms with Crippen LogP contribution in [0.3, 0.4) is 0 Å². The second-order valence-electron chi connectivity index (χ2n) is 2.59. The van der Waals surface area contributed by atoms with Crippen LogP contribution in [0.5, 0.6) is 5.75 Å². The van der Waals surface area contributed by atoms with Crippen molar-refractivity contribution in [3.8, 4) is 5.75 Å². The molecule has 0 unspecified atom stereocenters. The van der Waals surface area contributed by atoms with Crippen LogP contribution in [0.4, 0.5) is 0 Å². The molecule has 0 saturated heterocycles. The van der Waals surface area contributed by atoms with Crippen molar-refractivity contribution in [1.82, 2.24) is 4.98 Å². The van der Waals surface area contributed by atoms with Crippen LogP contribution in [0.2, 0.25) is 0 Å². The van der Waals surface area contributed by atoms with E-state index in [0.29, 0.717) is 26.4 Å². The number of rotatable bonds is 6. The standard InChI is InChI=1S/C9H13BrN2O2/c10-8-5-9(7-12-6-8)14-4-3-13-2-1-11/h5-7H,1-4,11H2. The topological polar surface area (TPSA) is 57.4 Å². The molecule has 0 aliphatic rings. The minimum absolute atomic E-state index is 0.512. The third-order valence-corrected chi connectivity index (χ3v) is 1.87. The summed E-state index contributed by atoms with van der Waals surface area (Å²) < 4.78 is 11.4. The summed E-state index contributed by atoms with van der Waals surface area (Å²) in [6, 6.07) is 1.86. The lowest BCUT2D eigenvalue weighted by Crippen LogP contribution is -2.13. The molecular weight excluding hydrogens is 248 g/mol. The molecule has 2 N–H and O–H groups in total. The zero-order chi connectivity index (χ0) is 10.2. The summed E-state index contributed by atoms with van der Waals surface area (Å²) in [4.78, 5) is 3.97. The van der Waals surface area contributed by atoms with Crippen molar-refractivity contribution in [3.63, 3.8) is 0 Å². The fourth-order valence-corrected chi connectivity index (χ4v) is 1.22. The molecule has 1 aromatic heterocycles. The first kappa shape index (κ1) is 11.4. The predicted octanol–water partition coefficient (Wildman–Crippen LogP) is 1.20. The molecule has 0 spiro atoms. The highest BCUT2D eigenvalue weighted by atomic mass is 79.9. The van der Waals surface area contributed by atoms with Crippen molar-refractivity contribution < 1.29 is 9.47 Å². The number of nitrogens with two attached hydrogens (primary N) is 1. The summed E-state index contributed by atoms with van der Waals surface area (Å²) >= 11 is 3.31. The van der Waals surface area contributed by atoms with E-state index in [2.05, 4.69) is 20.9 Å². The van der Waals surface area contributed by atoms with Crippen LogP contribution in [-0.2, 0) is 4.74 Å². The van der Waals surface area contributed by atoms with Gasteiger partial charge in [0.25, 0.3) is 0 Å². The summed E-state index contributed by atoms with van der Waals surface area (Å²) in [5, 5.41) is 0. The average molecular weight is 261 g/mol. The SMILES string of the molecule is NCCOCCOc1cncc(Br)c1. The molecule has 0 aliphatic carbocycles. The first-order chi connectivity index (χ1) is 6.83. The second-order valence-corrected chi connectivity index (χ2v) is 3.50. The Morgan fingerprint density at radius 1 is 1.29 bits per heavy atom. The van der Waals surface area contributed by atoms with Gasteiger partial charge in [0.2, 0.25) is 0 Å². The molecule has 0 saturated carbocycles. The van der Waals surface area contributed by atoms with Crippen molar-refractivity contribution in [2.45, 2.75) is 0 Å². The first-order valence-corrected chi connectivity index (χ1v) is 5.13. The average Bonchev–Trinajstić information content (AvgIpc) is 2.18. The van der Waals surface area contributed by atoms with Gasteiger partial charge in [0.1, 0.15) is 12.4 Å². The molecule has 0 atom stereocenters. The van der Waals surface area contributed by atoms with Crippen molar-refractivity contribution in [3.05, 3.63) is 22.9 Å². The Labute approximate surface area is 91.5 Å². The van der Waals surface area contributed by atoms with Gasteiger partial charge in [-0.25, -0.2) is 0 Å². The van der Waals surface area contributed by atoms with E-state index in [4.69, 9.17) is 15.2 Å². The molecule has 4 nitrogen and oxygen atoms in total. The van der Waals surface area contributed by atoms with E-state index < -0.39 is 0 Å². The number of hydrogen-bond acceptors (Lipinski definition) is 4. The van der Waals surface area contributed by atoms with Crippen molar-refractivity contribution in [2.75, 3.05) is 26.4 Å². The minimum Gasteiger partial charge on any atom is -0.490 e. The summed E-state index contributed by atoms with van der Waals surface area (Å²) in [6.07, 6.45) is 3.37. The number of aromatic nitrogens is 1. The maximum atomic E-state index is 5.38. The van der Waals surface area contributed by atoms with Gasteiger partial charge in [-0.1, -0.05) is 0 Å². The van der Waals surface area contributed by atoms with Crippen LogP contribution in [0.25, 0.3) is 0 Å². The lowest BCUT2D eigenvalue weighted by atomic mass is 10.5. The molecule has 0 fully saturated rings. The number of hydrogen-bond donors (Lipinski definition) is 1. The van der Waals surface area contributed by atoms with Gasteiger partial charge in [-0.2, -0.15) is 0 Å². The smallest absolute Gasteiger partial charge is 0.138 e. The summed E-state index contributed by atoms with van der Waals surface area (Å²) in [7, 11) is 0. The van der Waals surface area contributed by atoms with Crippen LogP contribution >= 0.6 is 15.9 Å². The Morgan fingerprint density at radius 3 is 2.86 bits per heavy atom. The van der Waals surface area contributed by atoms with Gasteiger partial charge in [-0.15, -0.1) is 0 Å². The van der Waals surface area contributed by atoms with E-state index in [9.17, 15) is 0 Å². The summed E-state index contributed by atoms with van der Waals surface area (Å²) in [5.74, 6) is 0.732. The Hall–Kier alpha value is -0.650. The number of halogens is 1. The maximum absolute atomic E-state index is 5.38. The van der Waals surface area contributed by atoms with E-state index in [1.54, 1.807) is 12.4 Å². The van der Waals surface area contributed by atoms with Crippen molar-refractivity contribution >= 4 is 15.9 Å². The predicted molar refractivity (Wildman–Crippen MR) is 57.3 cm³/mol. The molecule has 0 aromatic carbocycles. The van der Waals surface area contributed by atoms with Gasteiger partial charge in [-0.05, 0) is 22.0 Å². The molecule has 5 heteroatoms. The second kappa shape index (κ2) is 6.75. The Kier molecular flexibility index (Phi) is 5.51. The summed E-state index contributed by atoms with van der Waals surface area (Å²) in [6.45, 7) is 2.17. The highest BCUT2D eigenvalue weighted by Gasteiger charge is 1.95. The van der Waals surface area contributed by atoms with Gasteiger partial charge < -0.3 is 15.2 Å². The third-order valence-electron chi connectivity index (χ3n) is 1.44. The molecular formula is C9H13BrN2O2. The van der Waals surface area contributed by atoms with E-state index in [1.165, 1.54) is 0 Å². The van der Waals surface area contributed by atoms with Crippen LogP contribution in [0.1, 0.15) is 0 Å². The van der Waals surface area contributed by atoms with E-state index in [-0.39, 0.29) is 0 Å². The third kappa shape index (κ3) is 4.55. The molecule has 0 amide bonds. The summed E-state index contributed by atoms with van der Waals surface area (Å²) in [5.41, 5.74) is 5.26. The van der Waals surface area contributed by atoms with Crippen molar-refractivity contribution in [1.29, 1.82) is 0 Å². The van der Waals surface area contributed by atoms with Crippen LogP contribution < -0.4 is 10.5 Å². The number of pyridine rings is 1. The van der Waals surface area contributed by atoms with Crippen LogP contribution in [-0.4, -0.2) is 31.3 Å². The zero-order valence-electron chi connectivity index (χ0n) is 7.78. The lowest BCUT2D eigenvalue weighted by Gasteiger charge is -2.05. The van der Waals surface area contributed by atoms with E-state index >= 15 is 0 Å². The molecule has 78 valence electrons. The first-order valence-electron chi connectivity index (χ1n) is 4.34. The Balaban J connectivity index is 2.18. The van der Waals surface area contributed by atoms with Crippen LogP contribution in [0.15, 0.2) is 22.9 Å². The number of nitrogens with zero attached hydrogens (tertiary/aromatic N) is 1. The fraction of sp³-hybridized carbons (Fsp3) is 0.444. The minimum atomic E-state index is 0.512. The van der Waals surface area contributed by atoms with Crippen molar-refractivity contribution in [2.24, 2.45) is 5.73 Å².